The van der Waals surface area contributed by atoms with Crippen molar-refractivity contribution in [1.29, 1.82) is 0 Å². The average molecular weight is 330 g/mol. The molecule has 4 rings (SSSR count). The number of carbonyl (C=O) groups excluding carboxylic acids is 1. The number of ether oxygens (including phenoxy) is 4. The smallest absolute Gasteiger partial charge is 0.338 e. The van der Waals surface area contributed by atoms with Crippen LogP contribution in [0.15, 0.2) is 12.1 Å². The standard InChI is InChI=1S/C19H22O5/c1-21-15-10-12(18(20)23-3)11-4-5-14(24-16(11)17(15)22-2)13-6-7-19(13)8-9-19/h4-5,10,13-14H,6-9H2,1-3H3. The number of rotatable bonds is 4. The van der Waals surface area contributed by atoms with Crippen LogP contribution in [0.1, 0.15) is 41.6 Å². The summed E-state index contributed by atoms with van der Waals surface area (Å²) in [5.74, 6) is 1.71. The second kappa shape index (κ2) is 5.43. The fourth-order valence-corrected chi connectivity index (χ4v) is 4.13. The van der Waals surface area contributed by atoms with Crippen molar-refractivity contribution in [3.8, 4) is 17.2 Å². The van der Waals surface area contributed by atoms with E-state index in [4.69, 9.17) is 18.9 Å². The van der Waals surface area contributed by atoms with Gasteiger partial charge in [-0.25, -0.2) is 4.79 Å². The van der Waals surface area contributed by atoms with Gasteiger partial charge >= 0.3 is 5.97 Å². The third-order valence-corrected chi connectivity index (χ3v) is 5.80. The molecule has 2 aliphatic carbocycles. The molecule has 1 aliphatic heterocycles. The highest BCUT2D eigenvalue weighted by molar-refractivity contribution is 5.96. The van der Waals surface area contributed by atoms with Gasteiger partial charge in [0.25, 0.3) is 0 Å². The molecule has 1 aromatic rings. The van der Waals surface area contributed by atoms with Gasteiger partial charge in [0.2, 0.25) is 5.75 Å². The zero-order valence-electron chi connectivity index (χ0n) is 14.3. The minimum absolute atomic E-state index is 0.0280. The van der Waals surface area contributed by atoms with E-state index in [-0.39, 0.29) is 6.10 Å². The summed E-state index contributed by atoms with van der Waals surface area (Å²) in [6.07, 6.45) is 9.18. The van der Waals surface area contributed by atoms with Crippen LogP contribution in [0.2, 0.25) is 0 Å². The third-order valence-electron chi connectivity index (χ3n) is 5.80. The number of hydrogen-bond acceptors (Lipinski definition) is 5. The molecule has 1 aromatic carbocycles. The number of fused-ring (bicyclic) bond motifs is 1. The monoisotopic (exact) mass is 330 g/mol. The van der Waals surface area contributed by atoms with Crippen molar-refractivity contribution in [2.45, 2.75) is 31.8 Å². The lowest BCUT2D eigenvalue weighted by Gasteiger charge is -2.42. The molecule has 1 spiro atoms. The first-order valence-corrected chi connectivity index (χ1v) is 8.35. The van der Waals surface area contributed by atoms with E-state index in [9.17, 15) is 4.79 Å². The second-order valence-electron chi connectivity index (χ2n) is 6.84. The van der Waals surface area contributed by atoms with E-state index in [0.717, 1.165) is 0 Å². The number of hydrogen-bond donors (Lipinski definition) is 0. The molecule has 5 heteroatoms. The number of esters is 1. The molecular weight excluding hydrogens is 308 g/mol. The molecular formula is C19H22O5. The summed E-state index contributed by atoms with van der Waals surface area (Å²) < 4.78 is 22.1. The molecule has 0 saturated heterocycles. The van der Waals surface area contributed by atoms with Gasteiger partial charge in [-0.1, -0.05) is 6.08 Å². The second-order valence-corrected chi connectivity index (χ2v) is 6.84. The summed E-state index contributed by atoms with van der Waals surface area (Å²) in [5, 5.41) is 0. The van der Waals surface area contributed by atoms with Gasteiger partial charge in [-0.15, -0.1) is 0 Å². The van der Waals surface area contributed by atoms with Crippen LogP contribution in [0.5, 0.6) is 17.2 Å². The van der Waals surface area contributed by atoms with E-state index in [1.807, 2.05) is 6.08 Å². The van der Waals surface area contributed by atoms with E-state index in [1.54, 1.807) is 20.3 Å². The quantitative estimate of drug-likeness (QED) is 0.792. The number of benzene rings is 1. The molecule has 0 amide bonds. The fourth-order valence-electron chi connectivity index (χ4n) is 4.13. The first-order chi connectivity index (χ1) is 11.6. The predicted molar refractivity (Wildman–Crippen MR) is 88.7 cm³/mol. The van der Waals surface area contributed by atoms with Crippen molar-refractivity contribution in [2.75, 3.05) is 21.3 Å². The SMILES string of the molecule is COC(=O)c1cc(OC)c(OC)c2c1C=CC(C1CCC13CC3)O2. The van der Waals surface area contributed by atoms with Gasteiger partial charge < -0.3 is 18.9 Å². The van der Waals surface area contributed by atoms with Crippen LogP contribution in [-0.2, 0) is 4.74 Å². The summed E-state index contributed by atoms with van der Waals surface area (Å²) in [4.78, 5) is 12.1. The highest BCUT2D eigenvalue weighted by Crippen LogP contribution is 2.66. The van der Waals surface area contributed by atoms with Gasteiger partial charge in [-0.2, -0.15) is 0 Å². The molecule has 0 aromatic heterocycles. The van der Waals surface area contributed by atoms with Crippen molar-refractivity contribution in [3.63, 3.8) is 0 Å². The topological polar surface area (TPSA) is 54.0 Å². The summed E-state index contributed by atoms with van der Waals surface area (Å²) in [7, 11) is 4.50. The van der Waals surface area contributed by atoms with Crippen molar-refractivity contribution < 1.29 is 23.7 Å². The highest BCUT2D eigenvalue weighted by Gasteiger charge is 2.58. The molecule has 24 heavy (non-hydrogen) atoms. The van der Waals surface area contributed by atoms with Crippen LogP contribution in [0.3, 0.4) is 0 Å². The third kappa shape index (κ3) is 2.10. The Balaban J connectivity index is 1.76. The molecule has 2 saturated carbocycles. The molecule has 1 heterocycles. The Morgan fingerprint density at radius 2 is 2.00 bits per heavy atom. The maximum absolute atomic E-state index is 12.1. The van der Waals surface area contributed by atoms with Crippen LogP contribution in [0.25, 0.3) is 6.08 Å². The molecule has 0 bridgehead atoms. The average Bonchev–Trinajstić information content (AvgIpc) is 3.41. The van der Waals surface area contributed by atoms with E-state index < -0.39 is 5.97 Å². The van der Waals surface area contributed by atoms with Gasteiger partial charge in [-0.05, 0) is 43.2 Å². The molecule has 2 unspecified atom stereocenters. The molecule has 0 radical (unpaired) electrons. The van der Waals surface area contributed by atoms with Crippen molar-refractivity contribution in [2.24, 2.45) is 11.3 Å². The maximum Gasteiger partial charge on any atom is 0.338 e. The van der Waals surface area contributed by atoms with E-state index in [2.05, 4.69) is 6.08 Å². The first kappa shape index (κ1) is 15.4. The molecule has 2 fully saturated rings. The van der Waals surface area contributed by atoms with Gasteiger partial charge in [0.05, 0.1) is 26.9 Å². The minimum Gasteiger partial charge on any atom is -0.493 e. The lowest BCUT2D eigenvalue weighted by atomic mass is 9.67. The molecule has 0 N–H and O–H groups in total. The van der Waals surface area contributed by atoms with Crippen molar-refractivity contribution in [3.05, 3.63) is 23.3 Å². The molecule has 128 valence electrons. The zero-order chi connectivity index (χ0) is 16.9. The molecule has 2 atom stereocenters. The number of methoxy groups -OCH3 is 3. The van der Waals surface area contributed by atoms with Gasteiger partial charge in [0.1, 0.15) is 6.10 Å². The Morgan fingerprint density at radius 3 is 2.54 bits per heavy atom. The Bertz CT molecular complexity index is 717. The van der Waals surface area contributed by atoms with E-state index in [0.29, 0.717) is 39.7 Å². The van der Waals surface area contributed by atoms with Crippen LogP contribution in [-0.4, -0.2) is 33.4 Å². The Hall–Kier alpha value is -2.17. The first-order valence-electron chi connectivity index (χ1n) is 8.35. The zero-order valence-corrected chi connectivity index (χ0v) is 14.3. The lowest BCUT2D eigenvalue weighted by molar-refractivity contribution is 0.0382. The van der Waals surface area contributed by atoms with Gasteiger partial charge in [0, 0.05) is 11.5 Å². The van der Waals surface area contributed by atoms with E-state index in [1.165, 1.54) is 32.8 Å². The van der Waals surface area contributed by atoms with Crippen LogP contribution >= 0.6 is 0 Å². The van der Waals surface area contributed by atoms with Gasteiger partial charge in [0.15, 0.2) is 11.5 Å². The molecule has 3 aliphatic rings. The Kier molecular flexibility index (Phi) is 3.48. The maximum atomic E-state index is 12.1. The van der Waals surface area contributed by atoms with Crippen molar-refractivity contribution in [1.82, 2.24) is 0 Å². The molecule has 5 nitrogen and oxygen atoms in total. The van der Waals surface area contributed by atoms with Crippen LogP contribution < -0.4 is 14.2 Å². The van der Waals surface area contributed by atoms with E-state index >= 15 is 0 Å². The summed E-state index contributed by atoms with van der Waals surface area (Å²) in [6, 6.07) is 1.64. The Morgan fingerprint density at radius 1 is 1.21 bits per heavy atom. The Labute approximate surface area is 141 Å². The summed E-state index contributed by atoms with van der Waals surface area (Å²) in [5.41, 5.74) is 1.62. The largest absolute Gasteiger partial charge is 0.493 e. The minimum atomic E-state index is -0.416. The summed E-state index contributed by atoms with van der Waals surface area (Å²) >= 11 is 0. The lowest BCUT2D eigenvalue weighted by Crippen LogP contribution is -2.40. The van der Waals surface area contributed by atoms with Gasteiger partial charge in [-0.3, -0.25) is 0 Å². The van der Waals surface area contributed by atoms with Crippen LogP contribution in [0, 0.1) is 11.3 Å². The fraction of sp³-hybridized carbons (Fsp3) is 0.526. The van der Waals surface area contributed by atoms with Crippen molar-refractivity contribution >= 4 is 12.0 Å². The van der Waals surface area contributed by atoms with Crippen LogP contribution in [0.4, 0.5) is 0 Å². The summed E-state index contributed by atoms with van der Waals surface area (Å²) in [6.45, 7) is 0. The number of carbonyl (C=O) groups is 1. The normalized spacial score (nSPS) is 25.3. The highest BCUT2D eigenvalue weighted by atomic mass is 16.5. The predicted octanol–water partition coefficient (Wildman–Crippen LogP) is 3.45.